The summed E-state index contributed by atoms with van der Waals surface area (Å²) in [5.74, 6) is 1.22. The second-order valence-electron chi connectivity index (χ2n) is 6.44. The van der Waals surface area contributed by atoms with Gasteiger partial charge in [-0.05, 0) is 36.8 Å². The minimum absolute atomic E-state index is 0.112. The minimum atomic E-state index is -4.34. The average molecular weight is 389 g/mol. The maximum atomic E-state index is 12.6. The highest BCUT2D eigenvalue weighted by Gasteiger charge is 2.27. The van der Waals surface area contributed by atoms with Crippen LogP contribution in [0.3, 0.4) is 0 Å². The third-order valence-electron chi connectivity index (χ3n) is 4.19. The van der Waals surface area contributed by atoms with Crippen molar-refractivity contribution in [2.24, 2.45) is 0 Å². The number of fused-ring (bicyclic) bond motifs is 2. The molecule has 1 aromatic carbocycles. The summed E-state index contributed by atoms with van der Waals surface area (Å²) >= 11 is 0. The zero-order valence-electron chi connectivity index (χ0n) is 15.0. The Kier molecular flexibility index (Phi) is 4.58. The second kappa shape index (κ2) is 7.06. The molecule has 0 saturated heterocycles. The summed E-state index contributed by atoms with van der Waals surface area (Å²) in [5, 5.41) is 6.81. The van der Waals surface area contributed by atoms with Crippen molar-refractivity contribution in [2.45, 2.75) is 25.9 Å². The Labute approximate surface area is 158 Å². The molecule has 0 fully saturated rings. The van der Waals surface area contributed by atoms with E-state index in [1.807, 2.05) is 24.3 Å². The molecule has 3 N–H and O–H groups in total. The van der Waals surface area contributed by atoms with Gasteiger partial charge in [-0.2, -0.15) is 23.1 Å². The summed E-state index contributed by atoms with van der Waals surface area (Å²) < 4.78 is 43.5. The van der Waals surface area contributed by atoms with Crippen LogP contribution in [-0.4, -0.2) is 27.7 Å². The minimum Gasteiger partial charge on any atom is -0.461 e. The van der Waals surface area contributed by atoms with Crippen LogP contribution in [0, 0.1) is 0 Å². The maximum Gasteiger partial charge on any atom is 0.405 e. The summed E-state index contributed by atoms with van der Waals surface area (Å²) in [6, 6.07) is 9.16. The van der Waals surface area contributed by atoms with Crippen molar-refractivity contribution in [1.82, 2.24) is 15.0 Å². The largest absolute Gasteiger partial charge is 0.461 e. The van der Waals surface area contributed by atoms with E-state index in [9.17, 15) is 13.2 Å². The second-order valence-corrected chi connectivity index (χ2v) is 6.44. The fourth-order valence-electron chi connectivity index (χ4n) is 2.99. The normalized spacial score (nSPS) is 12.0. The lowest BCUT2D eigenvalue weighted by Crippen LogP contribution is -2.22. The Morgan fingerprint density at radius 1 is 1.14 bits per heavy atom. The van der Waals surface area contributed by atoms with E-state index in [0.717, 1.165) is 29.6 Å². The first-order valence-electron chi connectivity index (χ1n) is 8.86. The van der Waals surface area contributed by atoms with Gasteiger partial charge in [-0.25, -0.2) is 0 Å². The standard InChI is InChI=1S/C19H18F3N5O/c1-2-3-13-9-11-8-12(4-5-15(11)28-13)25-18-26-16-14(6-7-23-16)17(27-18)24-10-19(20,21)22/h4-9H,2-3,10H2,1H3,(H3,23,24,25,26,27). The lowest BCUT2D eigenvalue weighted by molar-refractivity contribution is -0.115. The van der Waals surface area contributed by atoms with Crippen molar-refractivity contribution in [3.8, 4) is 0 Å². The van der Waals surface area contributed by atoms with E-state index in [0.29, 0.717) is 16.7 Å². The van der Waals surface area contributed by atoms with Gasteiger partial charge in [-0.15, -0.1) is 0 Å². The molecule has 0 unspecified atom stereocenters. The zero-order chi connectivity index (χ0) is 19.7. The highest BCUT2D eigenvalue weighted by Crippen LogP contribution is 2.27. The highest BCUT2D eigenvalue weighted by atomic mass is 19.4. The van der Waals surface area contributed by atoms with Crippen molar-refractivity contribution < 1.29 is 17.6 Å². The predicted octanol–water partition coefficient (Wildman–Crippen LogP) is 5.37. The number of aryl methyl sites for hydroxylation is 1. The number of nitrogens with zero attached hydrogens (tertiary/aromatic N) is 2. The molecule has 28 heavy (non-hydrogen) atoms. The van der Waals surface area contributed by atoms with Gasteiger partial charge < -0.3 is 20.0 Å². The van der Waals surface area contributed by atoms with E-state index < -0.39 is 12.7 Å². The smallest absolute Gasteiger partial charge is 0.405 e. The quantitative estimate of drug-likeness (QED) is 0.413. The molecule has 9 heteroatoms. The van der Waals surface area contributed by atoms with E-state index >= 15 is 0 Å². The average Bonchev–Trinajstić information content (AvgIpc) is 3.25. The molecule has 3 aromatic heterocycles. The number of alkyl halides is 3. The molecular formula is C19H18F3N5O. The molecule has 0 aliphatic carbocycles. The van der Waals surface area contributed by atoms with Crippen LogP contribution >= 0.6 is 0 Å². The van der Waals surface area contributed by atoms with Crippen molar-refractivity contribution >= 4 is 39.5 Å². The number of rotatable bonds is 6. The number of aromatic amines is 1. The van der Waals surface area contributed by atoms with E-state index in [1.165, 1.54) is 0 Å². The molecule has 4 aromatic rings. The molecule has 0 saturated carbocycles. The Balaban J connectivity index is 1.62. The number of hydrogen-bond donors (Lipinski definition) is 3. The van der Waals surface area contributed by atoms with Gasteiger partial charge in [-0.1, -0.05) is 6.92 Å². The number of furan rings is 1. The van der Waals surface area contributed by atoms with Gasteiger partial charge in [0, 0.05) is 23.7 Å². The Morgan fingerprint density at radius 3 is 2.79 bits per heavy atom. The Morgan fingerprint density at radius 2 is 2.00 bits per heavy atom. The molecule has 0 spiro atoms. The fourth-order valence-corrected chi connectivity index (χ4v) is 2.99. The van der Waals surface area contributed by atoms with Gasteiger partial charge in [-0.3, -0.25) is 0 Å². The maximum absolute atomic E-state index is 12.6. The Hall–Kier alpha value is -3.23. The molecule has 0 aliphatic rings. The first-order chi connectivity index (χ1) is 13.4. The Bertz CT molecular complexity index is 1120. The summed E-state index contributed by atoms with van der Waals surface area (Å²) in [7, 11) is 0. The lowest BCUT2D eigenvalue weighted by Gasteiger charge is -2.11. The van der Waals surface area contributed by atoms with Crippen molar-refractivity contribution in [2.75, 3.05) is 17.2 Å². The van der Waals surface area contributed by atoms with Crippen LogP contribution in [-0.2, 0) is 6.42 Å². The predicted molar refractivity (Wildman–Crippen MR) is 102 cm³/mol. The van der Waals surface area contributed by atoms with Crippen LogP contribution in [0.2, 0.25) is 0 Å². The highest BCUT2D eigenvalue weighted by molar-refractivity contribution is 5.89. The van der Waals surface area contributed by atoms with Crippen LogP contribution in [0.1, 0.15) is 19.1 Å². The number of hydrogen-bond acceptors (Lipinski definition) is 5. The molecule has 0 radical (unpaired) electrons. The van der Waals surface area contributed by atoms with Crippen LogP contribution in [0.15, 0.2) is 40.9 Å². The summed E-state index contributed by atoms with van der Waals surface area (Å²) in [6.45, 7) is 0.906. The number of H-pyrrole nitrogens is 1. The van der Waals surface area contributed by atoms with Gasteiger partial charge in [0.05, 0.1) is 5.39 Å². The topological polar surface area (TPSA) is 78.8 Å². The monoisotopic (exact) mass is 389 g/mol. The van der Waals surface area contributed by atoms with Crippen LogP contribution in [0.25, 0.3) is 22.0 Å². The first-order valence-corrected chi connectivity index (χ1v) is 8.86. The molecular weight excluding hydrogens is 371 g/mol. The third-order valence-corrected chi connectivity index (χ3v) is 4.19. The summed E-state index contributed by atoms with van der Waals surface area (Å²) in [4.78, 5) is 11.4. The molecule has 0 atom stereocenters. The lowest BCUT2D eigenvalue weighted by atomic mass is 10.2. The van der Waals surface area contributed by atoms with E-state index in [2.05, 4.69) is 32.5 Å². The number of anilines is 3. The molecule has 146 valence electrons. The molecule has 6 nitrogen and oxygen atoms in total. The van der Waals surface area contributed by atoms with E-state index in [4.69, 9.17) is 4.42 Å². The van der Waals surface area contributed by atoms with Crippen LogP contribution < -0.4 is 10.6 Å². The van der Waals surface area contributed by atoms with Crippen LogP contribution in [0.4, 0.5) is 30.6 Å². The van der Waals surface area contributed by atoms with Crippen molar-refractivity contribution in [3.63, 3.8) is 0 Å². The van der Waals surface area contributed by atoms with E-state index in [-0.39, 0.29) is 11.8 Å². The van der Waals surface area contributed by atoms with Gasteiger partial charge >= 0.3 is 6.18 Å². The van der Waals surface area contributed by atoms with Crippen molar-refractivity contribution in [1.29, 1.82) is 0 Å². The van der Waals surface area contributed by atoms with Gasteiger partial charge in [0.25, 0.3) is 0 Å². The molecule has 4 rings (SSSR count). The summed E-state index contributed by atoms with van der Waals surface area (Å²) in [6.07, 6.45) is -0.890. The van der Waals surface area contributed by atoms with Crippen molar-refractivity contribution in [3.05, 3.63) is 42.3 Å². The molecule has 0 amide bonds. The van der Waals surface area contributed by atoms with Gasteiger partial charge in [0.1, 0.15) is 29.4 Å². The molecule has 0 aliphatic heterocycles. The molecule has 3 heterocycles. The number of aromatic nitrogens is 3. The third kappa shape index (κ3) is 3.88. The van der Waals surface area contributed by atoms with E-state index in [1.54, 1.807) is 12.3 Å². The molecule has 0 bridgehead atoms. The summed E-state index contributed by atoms with van der Waals surface area (Å²) in [5.41, 5.74) is 1.93. The number of nitrogens with one attached hydrogen (secondary N) is 3. The SMILES string of the molecule is CCCc1cc2cc(Nc3nc(NCC(F)(F)F)c4cc[nH]c4n3)ccc2o1. The number of benzene rings is 1. The van der Waals surface area contributed by atoms with Gasteiger partial charge in [0.15, 0.2) is 0 Å². The fraction of sp³-hybridized carbons (Fsp3) is 0.263. The van der Waals surface area contributed by atoms with Crippen LogP contribution in [0.5, 0.6) is 0 Å². The zero-order valence-corrected chi connectivity index (χ0v) is 15.0. The van der Waals surface area contributed by atoms with Gasteiger partial charge in [0.2, 0.25) is 5.95 Å². The first kappa shape index (κ1) is 18.1. The number of halogens is 3.